The quantitative estimate of drug-likeness (QED) is 0.669. The van der Waals surface area contributed by atoms with Gasteiger partial charge in [0.2, 0.25) is 0 Å². The fraction of sp³-hybridized carbons (Fsp3) is 0.375. The maximum atomic E-state index is 13.5. The molecule has 0 bridgehead atoms. The SMILES string of the molecule is CC(C)Oc1ccc(C2=C(N3CCN(C)CC3)C(=O)N(Cc3ccncc3)C2=O)cc1. The lowest BCUT2D eigenvalue weighted by Gasteiger charge is -2.34. The van der Waals surface area contributed by atoms with E-state index in [4.69, 9.17) is 4.74 Å². The van der Waals surface area contributed by atoms with Gasteiger partial charge in [0.15, 0.2) is 0 Å². The van der Waals surface area contributed by atoms with Crippen molar-refractivity contribution in [2.45, 2.75) is 26.5 Å². The van der Waals surface area contributed by atoms with Crippen LogP contribution in [0, 0.1) is 0 Å². The summed E-state index contributed by atoms with van der Waals surface area (Å²) >= 11 is 0. The highest BCUT2D eigenvalue weighted by Crippen LogP contribution is 2.33. The van der Waals surface area contributed by atoms with Crippen LogP contribution in [0.15, 0.2) is 54.5 Å². The molecule has 1 fully saturated rings. The topological polar surface area (TPSA) is 66.0 Å². The Bertz CT molecular complexity index is 978. The van der Waals surface area contributed by atoms with E-state index in [2.05, 4.69) is 21.8 Å². The lowest BCUT2D eigenvalue weighted by atomic mass is 10.0. The summed E-state index contributed by atoms with van der Waals surface area (Å²) in [4.78, 5) is 36.6. The van der Waals surface area contributed by atoms with Crippen LogP contribution in [0.5, 0.6) is 5.75 Å². The normalized spacial score (nSPS) is 17.8. The van der Waals surface area contributed by atoms with Crippen molar-refractivity contribution in [2.75, 3.05) is 33.2 Å². The first-order valence-electron chi connectivity index (χ1n) is 10.6. The maximum absolute atomic E-state index is 13.5. The fourth-order valence-corrected chi connectivity index (χ4v) is 3.93. The number of ether oxygens (including phenoxy) is 1. The summed E-state index contributed by atoms with van der Waals surface area (Å²) in [5.41, 5.74) is 2.58. The number of likely N-dealkylation sites (N-methyl/N-ethyl adjacent to an activating group) is 1. The molecule has 0 saturated carbocycles. The second-order valence-corrected chi connectivity index (χ2v) is 8.26. The van der Waals surface area contributed by atoms with Crippen molar-refractivity contribution < 1.29 is 14.3 Å². The minimum absolute atomic E-state index is 0.0662. The summed E-state index contributed by atoms with van der Waals surface area (Å²) in [6, 6.07) is 11.1. The Kier molecular flexibility index (Phi) is 6.04. The number of imide groups is 1. The van der Waals surface area contributed by atoms with Crippen molar-refractivity contribution in [1.29, 1.82) is 0 Å². The number of hydrogen-bond donors (Lipinski definition) is 0. The Morgan fingerprint density at radius 3 is 2.19 bits per heavy atom. The van der Waals surface area contributed by atoms with Gasteiger partial charge in [0.1, 0.15) is 11.4 Å². The van der Waals surface area contributed by atoms with Gasteiger partial charge in [-0.05, 0) is 56.3 Å². The van der Waals surface area contributed by atoms with Gasteiger partial charge in [0.05, 0.1) is 18.2 Å². The molecule has 2 aliphatic rings. The molecule has 1 aromatic heterocycles. The van der Waals surface area contributed by atoms with Gasteiger partial charge in [0.25, 0.3) is 11.8 Å². The van der Waals surface area contributed by atoms with Crippen molar-refractivity contribution in [3.05, 3.63) is 65.6 Å². The first-order chi connectivity index (χ1) is 14.9. The third-order valence-corrected chi connectivity index (χ3v) is 5.57. The number of piperazine rings is 1. The van der Waals surface area contributed by atoms with Gasteiger partial charge in [-0.25, -0.2) is 0 Å². The van der Waals surface area contributed by atoms with Crippen molar-refractivity contribution in [2.24, 2.45) is 0 Å². The van der Waals surface area contributed by atoms with Crippen LogP contribution in [0.4, 0.5) is 0 Å². The molecule has 2 amide bonds. The third kappa shape index (κ3) is 4.46. The number of nitrogens with zero attached hydrogens (tertiary/aromatic N) is 4. The van der Waals surface area contributed by atoms with Crippen LogP contribution < -0.4 is 4.74 Å². The Hall–Kier alpha value is -3.19. The van der Waals surface area contributed by atoms with E-state index < -0.39 is 0 Å². The highest BCUT2D eigenvalue weighted by molar-refractivity contribution is 6.35. The number of carbonyl (C=O) groups is 2. The van der Waals surface area contributed by atoms with E-state index in [9.17, 15) is 9.59 Å². The molecule has 7 heteroatoms. The smallest absolute Gasteiger partial charge is 0.278 e. The van der Waals surface area contributed by atoms with E-state index in [1.807, 2.05) is 50.2 Å². The van der Waals surface area contributed by atoms with Crippen molar-refractivity contribution in [1.82, 2.24) is 19.7 Å². The van der Waals surface area contributed by atoms with E-state index >= 15 is 0 Å². The molecule has 4 rings (SSSR count). The molecule has 0 unspecified atom stereocenters. The highest BCUT2D eigenvalue weighted by atomic mass is 16.5. The van der Waals surface area contributed by atoms with Crippen molar-refractivity contribution in [3.63, 3.8) is 0 Å². The van der Waals surface area contributed by atoms with E-state index in [-0.39, 0.29) is 24.5 Å². The number of carbonyl (C=O) groups excluding carboxylic acids is 2. The zero-order valence-corrected chi connectivity index (χ0v) is 18.2. The van der Waals surface area contributed by atoms with Crippen LogP contribution in [-0.2, 0) is 16.1 Å². The first kappa shape index (κ1) is 21.1. The van der Waals surface area contributed by atoms with Crippen LogP contribution in [0.3, 0.4) is 0 Å². The number of pyridine rings is 1. The highest BCUT2D eigenvalue weighted by Gasteiger charge is 2.42. The van der Waals surface area contributed by atoms with Gasteiger partial charge in [-0.1, -0.05) is 12.1 Å². The van der Waals surface area contributed by atoms with Gasteiger partial charge in [-0.2, -0.15) is 0 Å². The van der Waals surface area contributed by atoms with Crippen molar-refractivity contribution in [3.8, 4) is 5.75 Å². The van der Waals surface area contributed by atoms with E-state index in [1.54, 1.807) is 12.4 Å². The zero-order valence-electron chi connectivity index (χ0n) is 18.2. The largest absolute Gasteiger partial charge is 0.491 e. The molecule has 7 nitrogen and oxygen atoms in total. The molecular formula is C24H28N4O3. The summed E-state index contributed by atoms with van der Waals surface area (Å²) in [6.07, 6.45) is 3.41. The van der Waals surface area contributed by atoms with Crippen LogP contribution in [0.2, 0.25) is 0 Å². The third-order valence-electron chi connectivity index (χ3n) is 5.57. The standard InChI is InChI=1S/C24H28N4O3/c1-17(2)31-20-6-4-19(5-7-20)21-22(27-14-12-26(3)13-15-27)24(30)28(23(21)29)16-18-8-10-25-11-9-18/h4-11,17H,12-16H2,1-3H3. The number of hydrogen-bond acceptors (Lipinski definition) is 6. The van der Waals surface area contributed by atoms with Crippen LogP contribution in [-0.4, -0.2) is 70.8 Å². The fourth-order valence-electron chi connectivity index (χ4n) is 3.93. The lowest BCUT2D eigenvalue weighted by Crippen LogP contribution is -2.46. The number of benzene rings is 1. The summed E-state index contributed by atoms with van der Waals surface area (Å²) in [5.74, 6) is 0.253. The van der Waals surface area contributed by atoms with Gasteiger partial charge >= 0.3 is 0 Å². The molecular weight excluding hydrogens is 392 g/mol. The Morgan fingerprint density at radius 1 is 0.935 bits per heavy atom. The molecule has 0 spiro atoms. The molecule has 0 aliphatic carbocycles. The maximum Gasteiger partial charge on any atom is 0.278 e. The van der Waals surface area contributed by atoms with Gasteiger partial charge in [0, 0.05) is 38.6 Å². The number of aromatic nitrogens is 1. The molecule has 1 saturated heterocycles. The zero-order chi connectivity index (χ0) is 22.0. The average Bonchev–Trinajstić information content (AvgIpc) is 3.00. The van der Waals surface area contributed by atoms with Gasteiger partial charge in [-0.3, -0.25) is 19.5 Å². The van der Waals surface area contributed by atoms with Gasteiger partial charge < -0.3 is 14.5 Å². The summed E-state index contributed by atoms with van der Waals surface area (Å²) in [6.45, 7) is 7.30. The van der Waals surface area contributed by atoms with Gasteiger partial charge in [-0.15, -0.1) is 0 Å². The Morgan fingerprint density at radius 2 is 1.58 bits per heavy atom. The van der Waals surface area contributed by atoms with E-state index in [0.29, 0.717) is 24.4 Å². The molecule has 2 aromatic rings. The van der Waals surface area contributed by atoms with Crippen LogP contribution in [0.25, 0.3) is 5.57 Å². The van der Waals surface area contributed by atoms with E-state index in [1.165, 1.54) is 4.90 Å². The second-order valence-electron chi connectivity index (χ2n) is 8.26. The predicted molar refractivity (Wildman–Crippen MR) is 118 cm³/mol. The molecule has 0 radical (unpaired) electrons. The monoisotopic (exact) mass is 420 g/mol. The summed E-state index contributed by atoms with van der Waals surface area (Å²) < 4.78 is 5.73. The second kappa shape index (κ2) is 8.89. The molecule has 3 heterocycles. The molecule has 0 N–H and O–H groups in total. The summed E-state index contributed by atoms with van der Waals surface area (Å²) in [7, 11) is 2.07. The molecule has 31 heavy (non-hydrogen) atoms. The number of amides is 2. The predicted octanol–water partition coefficient (Wildman–Crippen LogP) is 2.40. The van der Waals surface area contributed by atoms with E-state index in [0.717, 1.165) is 30.0 Å². The number of rotatable bonds is 6. The van der Waals surface area contributed by atoms with Crippen LogP contribution in [0.1, 0.15) is 25.0 Å². The first-order valence-corrected chi connectivity index (χ1v) is 10.6. The molecule has 1 aromatic carbocycles. The average molecular weight is 421 g/mol. The Labute approximate surface area is 182 Å². The van der Waals surface area contributed by atoms with Crippen LogP contribution >= 0.6 is 0 Å². The molecule has 162 valence electrons. The lowest BCUT2D eigenvalue weighted by molar-refractivity contribution is -0.138. The van der Waals surface area contributed by atoms with Crippen molar-refractivity contribution >= 4 is 17.4 Å². The molecule has 2 aliphatic heterocycles. The summed E-state index contributed by atoms with van der Waals surface area (Å²) in [5, 5.41) is 0. The molecule has 0 atom stereocenters. The minimum Gasteiger partial charge on any atom is -0.491 e. The minimum atomic E-state index is -0.256. The Balaban J connectivity index is 1.69.